The van der Waals surface area contributed by atoms with Gasteiger partial charge in [-0.2, -0.15) is 8.42 Å². The average molecular weight is 162 g/mol. The van der Waals surface area contributed by atoms with Crippen LogP contribution in [0.3, 0.4) is 0 Å². The molecule has 1 N–H and O–H groups in total. The molecule has 0 aliphatic rings. The van der Waals surface area contributed by atoms with Gasteiger partial charge in [-0.3, -0.25) is 4.55 Å². The number of rotatable bonds is 1. The van der Waals surface area contributed by atoms with E-state index in [0.717, 1.165) is 0 Å². The molecular formula is C6H6O3S. The maximum absolute atomic E-state index is 10.7. The fraction of sp³-hybridized carbons (Fsp3) is 0. The highest BCUT2D eigenvalue weighted by molar-refractivity contribution is 7.85. The van der Waals surface area contributed by atoms with Crippen molar-refractivity contribution in [1.29, 1.82) is 0 Å². The van der Waals surface area contributed by atoms with Crippen molar-refractivity contribution in [2.75, 3.05) is 0 Å². The van der Waals surface area contributed by atoms with Crippen LogP contribution < -0.4 is 0 Å². The highest BCUT2D eigenvalue weighted by Gasteiger charge is 2.05. The van der Waals surface area contributed by atoms with Crippen LogP contribution >= 0.6 is 0 Å². The Morgan fingerprint density at radius 3 is 2.70 bits per heavy atom. The minimum atomic E-state index is -4.61. The molecule has 0 unspecified atom stereocenters. The lowest BCUT2D eigenvalue weighted by molar-refractivity contribution is 0.483. The van der Waals surface area contributed by atoms with Gasteiger partial charge >= 0.3 is 0 Å². The zero-order valence-electron chi connectivity index (χ0n) is 8.75. The lowest BCUT2D eigenvalue weighted by Crippen LogP contribution is -1.96. The fourth-order valence-corrected chi connectivity index (χ4v) is 0.793. The van der Waals surface area contributed by atoms with Gasteiger partial charge in [0.05, 0.1) is 10.4 Å². The minimum absolute atomic E-state index is 0.515. The molecule has 3 nitrogen and oxygen atoms in total. The first-order valence-electron chi connectivity index (χ1n) is 4.30. The Morgan fingerprint density at radius 1 is 1.40 bits per heavy atom. The van der Waals surface area contributed by atoms with Gasteiger partial charge in [0.25, 0.3) is 10.1 Å². The molecule has 1 aromatic rings. The number of hydrogen-bond acceptors (Lipinski definition) is 2. The first-order chi connectivity index (χ1) is 6.25. The molecule has 0 amide bonds. The molecule has 0 spiro atoms. The summed E-state index contributed by atoms with van der Waals surface area (Å²) in [5, 5.41) is 0. The van der Waals surface area contributed by atoms with Gasteiger partial charge in [-0.05, 0) is 12.1 Å². The molecule has 0 radical (unpaired) electrons. The van der Waals surface area contributed by atoms with Crippen LogP contribution in [0.1, 0.15) is 5.48 Å². The minimum Gasteiger partial charge on any atom is -0.282 e. The predicted molar refractivity (Wildman–Crippen MR) is 36.3 cm³/mol. The third kappa shape index (κ3) is 1.55. The van der Waals surface area contributed by atoms with Crippen LogP contribution in [0.2, 0.25) is 0 Å². The van der Waals surface area contributed by atoms with Gasteiger partial charge in [0.1, 0.15) is 0 Å². The van der Waals surface area contributed by atoms with Gasteiger partial charge in [-0.25, -0.2) is 0 Å². The second kappa shape index (κ2) is 2.40. The number of benzene rings is 1. The standard InChI is InChI=1S/C6H6O3S/c7-10(8,9)6-4-2-1-3-5-6/h1-5H,(H,7,8,9)/i1D,2D,3D,4D. The summed E-state index contributed by atoms with van der Waals surface area (Å²) in [6.07, 6.45) is 0. The molecule has 0 saturated carbocycles. The van der Waals surface area contributed by atoms with Gasteiger partial charge in [-0.15, -0.1) is 0 Å². The third-order valence-corrected chi connectivity index (χ3v) is 1.58. The van der Waals surface area contributed by atoms with Gasteiger partial charge in [0.15, 0.2) is 0 Å². The average Bonchev–Trinajstić information content (AvgIpc) is 2.06. The zero-order chi connectivity index (χ0) is 11.1. The van der Waals surface area contributed by atoms with Gasteiger partial charge < -0.3 is 0 Å². The largest absolute Gasteiger partial charge is 0.294 e. The molecule has 54 valence electrons. The molecule has 0 saturated heterocycles. The summed E-state index contributed by atoms with van der Waals surface area (Å²) in [4.78, 5) is -0.816. The third-order valence-electron chi connectivity index (χ3n) is 0.802. The highest BCUT2D eigenvalue weighted by Crippen LogP contribution is 2.05. The molecular weight excluding hydrogens is 152 g/mol. The van der Waals surface area contributed by atoms with Crippen molar-refractivity contribution >= 4 is 10.1 Å². The van der Waals surface area contributed by atoms with Crippen LogP contribution in [-0.4, -0.2) is 13.0 Å². The quantitative estimate of drug-likeness (QED) is 0.625. The van der Waals surface area contributed by atoms with E-state index in [-0.39, 0.29) is 0 Å². The van der Waals surface area contributed by atoms with Crippen LogP contribution in [0.25, 0.3) is 0 Å². The summed E-state index contributed by atoms with van der Waals surface area (Å²) >= 11 is 0. The molecule has 0 heterocycles. The summed E-state index contributed by atoms with van der Waals surface area (Å²) in [6.45, 7) is 0. The van der Waals surface area contributed by atoms with Crippen LogP contribution in [0.5, 0.6) is 0 Å². The Morgan fingerprint density at radius 2 is 2.10 bits per heavy atom. The molecule has 0 aliphatic carbocycles. The van der Waals surface area contributed by atoms with Crippen molar-refractivity contribution in [3.63, 3.8) is 0 Å². The Balaban J connectivity index is 3.66. The second-order valence-corrected chi connectivity index (χ2v) is 2.89. The normalized spacial score (nSPS) is 16.9. The molecule has 0 atom stereocenters. The monoisotopic (exact) mass is 162 g/mol. The molecule has 1 rings (SSSR count). The molecule has 1 aromatic carbocycles. The summed E-state index contributed by atoms with van der Waals surface area (Å²) < 4.78 is 58.5. The molecule has 0 aliphatic heterocycles. The Kier molecular flexibility index (Phi) is 0.839. The first kappa shape index (κ1) is 3.50. The second-order valence-electron chi connectivity index (χ2n) is 1.50. The van der Waals surface area contributed by atoms with Crippen molar-refractivity contribution in [2.24, 2.45) is 0 Å². The van der Waals surface area contributed by atoms with Crippen molar-refractivity contribution in [2.45, 2.75) is 4.90 Å². The topological polar surface area (TPSA) is 54.4 Å². The van der Waals surface area contributed by atoms with E-state index in [4.69, 9.17) is 10.0 Å². The number of hydrogen-bond donors (Lipinski definition) is 1. The van der Waals surface area contributed by atoms with Crippen LogP contribution in [0.15, 0.2) is 35.1 Å². The van der Waals surface area contributed by atoms with E-state index >= 15 is 0 Å². The van der Waals surface area contributed by atoms with Crippen LogP contribution in [0.4, 0.5) is 0 Å². The van der Waals surface area contributed by atoms with E-state index in [0.29, 0.717) is 6.07 Å². The molecule has 4 heteroatoms. The van der Waals surface area contributed by atoms with Crippen molar-refractivity contribution in [3.8, 4) is 0 Å². The highest BCUT2D eigenvalue weighted by atomic mass is 32.2. The smallest absolute Gasteiger partial charge is 0.282 e. The maximum atomic E-state index is 10.7. The van der Waals surface area contributed by atoms with Gasteiger partial charge in [0.2, 0.25) is 0 Å². The Labute approximate surface area is 64.7 Å². The predicted octanol–water partition coefficient (Wildman–Crippen LogP) is 0.933. The van der Waals surface area contributed by atoms with E-state index in [1.165, 1.54) is 0 Å². The zero-order valence-corrected chi connectivity index (χ0v) is 5.57. The van der Waals surface area contributed by atoms with Crippen LogP contribution in [0, 0.1) is 0 Å². The van der Waals surface area contributed by atoms with Crippen molar-refractivity contribution in [3.05, 3.63) is 30.2 Å². The van der Waals surface area contributed by atoms with Crippen LogP contribution in [-0.2, 0) is 10.1 Å². The van der Waals surface area contributed by atoms with E-state index in [1.54, 1.807) is 0 Å². The van der Waals surface area contributed by atoms with Crippen molar-refractivity contribution in [1.82, 2.24) is 0 Å². The molecule has 0 fully saturated rings. The van der Waals surface area contributed by atoms with E-state index in [9.17, 15) is 8.42 Å². The summed E-state index contributed by atoms with van der Waals surface area (Å²) in [5.41, 5.74) is 0. The Hall–Kier alpha value is -0.870. The SMILES string of the molecule is [2H]c1cc(S(=O)(=O)O)c([2H])c([2H])c1[2H]. The van der Waals surface area contributed by atoms with E-state index in [2.05, 4.69) is 0 Å². The fourth-order valence-electron chi connectivity index (χ4n) is 0.406. The Bertz CT molecular complexity index is 482. The van der Waals surface area contributed by atoms with E-state index < -0.39 is 39.2 Å². The summed E-state index contributed by atoms with van der Waals surface area (Å²) in [6, 6.07) is -1.84. The molecule has 10 heavy (non-hydrogen) atoms. The first-order valence-corrected chi connectivity index (χ1v) is 3.74. The molecule has 0 aromatic heterocycles. The summed E-state index contributed by atoms with van der Waals surface area (Å²) in [5.74, 6) is 0. The van der Waals surface area contributed by atoms with Crippen molar-refractivity contribution < 1.29 is 18.5 Å². The molecule has 0 bridgehead atoms. The lowest BCUT2D eigenvalue weighted by atomic mass is 10.4. The van der Waals surface area contributed by atoms with Gasteiger partial charge in [0, 0.05) is 0 Å². The maximum Gasteiger partial charge on any atom is 0.294 e. The summed E-state index contributed by atoms with van der Waals surface area (Å²) in [7, 11) is -4.61. The van der Waals surface area contributed by atoms with E-state index in [1.807, 2.05) is 0 Å². The van der Waals surface area contributed by atoms with Gasteiger partial charge in [-0.1, -0.05) is 18.1 Å². The lowest BCUT2D eigenvalue weighted by Gasteiger charge is -1.92.